The molecule has 68 valence electrons. The summed E-state index contributed by atoms with van der Waals surface area (Å²) in [6.07, 6.45) is -0.694. The van der Waals surface area contributed by atoms with Crippen molar-refractivity contribution in [3.05, 3.63) is 0 Å². The molecule has 0 aliphatic carbocycles. The molecule has 1 atom stereocenters. The molecule has 0 aromatic rings. The maximum atomic E-state index is 10.2. The van der Waals surface area contributed by atoms with Gasteiger partial charge in [0, 0.05) is 1.43 Å². The highest BCUT2D eigenvalue weighted by molar-refractivity contribution is 7.51. The summed E-state index contributed by atoms with van der Waals surface area (Å²) >= 11 is 0. The Kier molecular flexibility index (Phi) is 3.68. The van der Waals surface area contributed by atoms with Crippen LogP contribution in [0.4, 0.5) is 0 Å². The van der Waals surface area contributed by atoms with E-state index in [9.17, 15) is 9.36 Å². The van der Waals surface area contributed by atoms with Crippen molar-refractivity contribution in [2.75, 3.05) is 6.16 Å². The van der Waals surface area contributed by atoms with E-state index in [4.69, 9.17) is 20.6 Å². The van der Waals surface area contributed by atoms with Gasteiger partial charge in [-0.25, -0.2) is 0 Å². The van der Waals surface area contributed by atoms with Gasteiger partial charge >= 0.3 is 13.6 Å². The van der Waals surface area contributed by atoms with Crippen LogP contribution in [0.2, 0.25) is 0 Å². The second-order valence-electron chi connectivity index (χ2n) is 2.12. The normalized spacial score (nSPS) is 14.5. The van der Waals surface area contributed by atoms with Crippen LogP contribution in [0.15, 0.2) is 0 Å². The number of carboxylic acids is 1. The van der Waals surface area contributed by atoms with Crippen molar-refractivity contribution in [3.63, 3.8) is 0 Å². The highest BCUT2D eigenvalue weighted by Crippen LogP contribution is 2.35. The van der Waals surface area contributed by atoms with E-state index < -0.39 is 25.8 Å². The van der Waals surface area contributed by atoms with Crippen molar-refractivity contribution in [2.45, 2.75) is 12.5 Å². The highest BCUT2D eigenvalue weighted by atomic mass is 31.2. The Morgan fingerprint density at radius 2 is 2.09 bits per heavy atom. The first kappa shape index (κ1) is 10.6. The molecule has 6 nitrogen and oxygen atoms in total. The molecule has 0 saturated carbocycles. The summed E-state index contributed by atoms with van der Waals surface area (Å²) in [5.74, 6) is -1.25. The molecular formula is C4H12NO5P. The summed E-state index contributed by atoms with van der Waals surface area (Å²) in [7, 11) is -4.10. The molecule has 0 amide bonds. The molecule has 0 aliphatic rings. The molecule has 0 heterocycles. The summed E-state index contributed by atoms with van der Waals surface area (Å²) in [6.45, 7) is 0. The van der Waals surface area contributed by atoms with Gasteiger partial charge in [-0.05, 0) is 6.42 Å². The Morgan fingerprint density at radius 1 is 1.64 bits per heavy atom. The van der Waals surface area contributed by atoms with Gasteiger partial charge in [0.05, 0.1) is 6.16 Å². The number of hydrogen-bond donors (Lipinski definition) is 4. The largest absolute Gasteiger partial charge is 0.480 e. The minimum absolute atomic E-state index is 0. The summed E-state index contributed by atoms with van der Waals surface area (Å²) in [5, 5.41) is 8.20. The van der Waals surface area contributed by atoms with E-state index in [-0.39, 0.29) is 7.85 Å². The van der Waals surface area contributed by atoms with Gasteiger partial charge in [0.15, 0.2) is 0 Å². The third-order valence-electron chi connectivity index (χ3n) is 1.05. The molecule has 0 unspecified atom stereocenters. The van der Waals surface area contributed by atoms with Crippen molar-refractivity contribution >= 4 is 13.6 Å². The van der Waals surface area contributed by atoms with Crippen molar-refractivity contribution < 1.29 is 25.7 Å². The molecule has 0 bridgehead atoms. The lowest BCUT2D eigenvalue weighted by Gasteiger charge is -2.06. The molecule has 0 aromatic carbocycles. The van der Waals surface area contributed by atoms with Crippen LogP contribution in [0.3, 0.4) is 0 Å². The van der Waals surface area contributed by atoms with Crippen LogP contribution in [-0.2, 0) is 9.36 Å². The fourth-order valence-corrected chi connectivity index (χ4v) is 1.05. The highest BCUT2D eigenvalue weighted by Gasteiger charge is 2.18. The molecule has 0 fully saturated rings. The lowest BCUT2D eigenvalue weighted by Crippen LogP contribution is -2.30. The van der Waals surface area contributed by atoms with Gasteiger partial charge in [-0.15, -0.1) is 0 Å². The van der Waals surface area contributed by atoms with E-state index in [1.54, 1.807) is 0 Å². The average Bonchev–Trinajstić information content (AvgIpc) is 1.80. The van der Waals surface area contributed by atoms with E-state index in [0.717, 1.165) is 0 Å². The molecule has 0 saturated heterocycles. The first-order chi connectivity index (χ1) is 4.83. The van der Waals surface area contributed by atoms with Gasteiger partial charge in [0.25, 0.3) is 0 Å². The third-order valence-corrected chi connectivity index (χ3v) is 1.89. The lowest BCUT2D eigenvalue weighted by molar-refractivity contribution is -0.138. The Bertz CT molecular complexity index is 192. The molecular weight excluding hydrogens is 173 g/mol. The molecule has 11 heavy (non-hydrogen) atoms. The zero-order valence-corrected chi connectivity index (χ0v) is 6.57. The van der Waals surface area contributed by atoms with E-state index in [2.05, 4.69) is 0 Å². The number of carboxylic acid groups (broad SMARTS) is 1. The lowest BCUT2D eigenvalue weighted by atomic mass is 10.2. The second-order valence-corrected chi connectivity index (χ2v) is 3.90. The number of rotatable bonds is 4. The van der Waals surface area contributed by atoms with Gasteiger partial charge in [-0.1, -0.05) is 0 Å². The number of nitrogens with two attached hydrogens (primary N) is 1. The minimum atomic E-state index is -4.10. The zero-order chi connectivity index (χ0) is 9.07. The first-order valence-electron chi connectivity index (χ1n) is 2.86. The average molecular weight is 186 g/mol. The number of hydrogen-bond acceptors (Lipinski definition) is 3. The maximum Gasteiger partial charge on any atom is 0.325 e. The molecule has 0 aromatic heterocycles. The minimum Gasteiger partial charge on any atom is -0.480 e. The smallest absolute Gasteiger partial charge is 0.325 e. The van der Waals surface area contributed by atoms with Gasteiger partial charge < -0.3 is 20.6 Å². The van der Waals surface area contributed by atoms with E-state index in [0.29, 0.717) is 0 Å². The van der Waals surface area contributed by atoms with Gasteiger partial charge in [0.1, 0.15) is 6.04 Å². The van der Waals surface area contributed by atoms with Crippen molar-refractivity contribution in [1.82, 2.24) is 0 Å². The molecule has 7 heteroatoms. The van der Waals surface area contributed by atoms with Crippen LogP contribution in [0.25, 0.3) is 0 Å². The van der Waals surface area contributed by atoms with Crippen LogP contribution in [0.1, 0.15) is 7.85 Å². The monoisotopic (exact) mass is 186 g/mol. The maximum absolute atomic E-state index is 10.2. The fourth-order valence-electron chi connectivity index (χ4n) is 0.431. The van der Waals surface area contributed by atoms with E-state index in [1.165, 1.54) is 0 Å². The second kappa shape index (κ2) is 3.82. The van der Waals surface area contributed by atoms with E-state index in [1.807, 2.05) is 0 Å². The Labute approximate surface area is 64.7 Å². The fraction of sp³-hybridized carbons (Fsp3) is 0.750. The Hall–Kier alpha value is -0.420. The summed E-state index contributed by atoms with van der Waals surface area (Å²) in [4.78, 5) is 26.7. The quantitative estimate of drug-likeness (QED) is 0.427. The number of aliphatic carboxylic acids is 1. The predicted octanol–water partition coefficient (Wildman–Crippen LogP) is -0.788. The van der Waals surface area contributed by atoms with Crippen LogP contribution in [-0.4, -0.2) is 33.1 Å². The van der Waals surface area contributed by atoms with Gasteiger partial charge in [-0.3, -0.25) is 9.36 Å². The predicted molar refractivity (Wildman–Crippen MR) is 39.3 cm³/mol. The molecule has 0 rings (SSSR count). The van der Waals surface area contributed by atoms with Crippen molar-refractivity contribution in [2.24, 2.45) is 5.73 Å². The third kappa shape index (κ3) is 6.00. The Balaban J connectivity index is 0. The summed E-state index contributed by atoms with van der Waals surface area (Å²) in [6, 6.07) is -1.19. The van der Waals surface area contributed by atoms with Crippen LogP contribution >= 0.6 is 7.60 Å². The SMILES string of the molecule is N[C@@H](CCP(=O)(O)O)C(=O)O.[2HH]. The van der Waals surface area contributed by atoms with Crippen LogP contribution in [0, 0.1) is 0 Å². The zero-order valence-electron chi connectivity index (χ0n) is 5.67. The molecule has 0 spiro atoms. The molecule has 0 radical (unpaired) electrons. The summed E-state index contributed by atoms with van der Waals surface area (Å²) < 4.78 is 10.2. The molecule has 0 aliphatic heterocycles. The van der Waals surface area contributed by atoms with Crippen LogP contribution < -0.4 is 5.73 Å². The Morgan fingerprint density at radius 3 is 2.36 bits per heavy atom. The van der Waals surface area contributed by atoms with Gasteiger partial charge in [-0.2, -0.15) is 0 Å². The number of carbonyl (C=O) groups is 1. The topological polar surface area (TPSA) is 121 Å². The summed E-state index contributed by atoms with van der Waals surface area (Å²) in [5.41, 5.74) is 4.98. The van der Waals surface area contributed by atoms with Crippen molar-refractivity contribution in [3.8, 4) is 0 Å². The first-order valence-corrected chi connectivity index (χ1v) is 4.65. The molecule has 5 N–H and O–H groups in total. The van der Waals surface area contributed by atoms with E-state index >= 15 is 0 Å². The van der Waals surface area contributed by atoms with Crippen LogP contribution in [0.5, 0.6) is 0 Å². The van der Waals surface area contributed by atoms with Gasteiger partial charge in [0.2, 0.25) is 0 Å². The standard InChI is InChI=1S/C4H10NO5P.H2/c5-3(4(6)7)1-2-11(8,9)10;/h3H,1-2,5H2,(H,6,7)(H2,8,9,10);1H/t3-;/m0./s1/i;1+1. The van der Waals surface area contributed by atoms with Crippen molar-refractivity contribution in [1.29, 1.82) is 0 Å².